The molecule has 5 nitrogen and oxygen atoms in total. The summed E-state index contributed by atoms with van der Waals surface area (Å²) < 4.78 is 11.6. The number of hydrogen-bond donors (Lipinski definition) is 2. The minimum absolute atomic E-state index is 0.157. The van der Waals surface area contributed by atoms with Gasteiger partial charge < -0.3 is 14.5 Å². The van der Waals surface area contributed by atoms with Crippen molar-refractivity contribution in [1.29, 1.82) is 5.41 Å². The standard InChI is InChI=1S/C18H15BrN2O3/c1-10-3-5-16(23-2)14(7-10)21-18(22)13-9-11-8-12(19)4-6-15(11)24-17(13)20/h3-9,20H,1-2H3,(H,21,22). The minimum atomic E-state index is -0.422. The number of carbonyl (C=O) groups excluding carboxylic acids is 1. The number of anilines is 1. The van der Waals surface area contributed by atoms with Gasteiger partial charge in [-0.2, -0.15) is 0 Å². The van der Waals surface area contributed by atoms with E-state index in [-0.39, 0.29) is 11.1 Å². The minimum Gasteiger partial charge on any atom is -0.495 e. The van der Waals surface area contributed by atoms with E-state index >= 15 is 0 Å². The number of benzene rings is 2. The molecular weight excluding hydrogens is 372 g/mol. The van der Waals surface area contributed by atoms with Crippen molar-refractivity contribution in [3.63, 3.8) is 0 Å². The van der Waals surface area contributed by atoms with Gasteiger partial charge in [0.25, 0.3) is 5.91 Å². The second kappa shape index (κ2) is 6.49. The summed E-state index contributed by atoms with van der Waals surface area (Å²) in [6.45, 7) is 1.92. The number of halogens is 1. The van der Waals surface area contributed by atoms with Crippen LogP contribution in [0.4, 0.5) is 5.69 Å². The fraction of sp³-hybridized carbons (Fsp3) is 0.111. The lowest BCUT2D eigenvalue weighted by Gasteiger charge is -2.11. The van der Waals surface area contributed by atoms with Crippen LogP contribution in [0.3, 0.4) is 0 Å². The van der Waals surface area contributed by atoms with E-state index in [0.29, 0.717) is 17.0 Å². The number of amides is 1. The second-order valence-corrected chi connectivity index (χ2v) is 6.24. The van der Waals surface area contributed by atoms with E-state index in [2.05, 4.69) is 21.2 Å². The maximum atomic E-state index is 12.6. The highest BCUT2D eigenvalue weighted by Crippen LogP contribution is 2.26. The number of hydrogen-bond acceptors (Lipinski definition) is 4. The van der Waals surface area contributed by atoms with Gasteiger partial charge in [0, 0.05) is 9.86 Å². The first-order chi connectivity index (χ1) is 11.5. The first-order valence-corrected chi connectivity index (χ1v) is 8.01. The van der Waals surface area contributed by atoms with Crippen molar-refractivity contribution in [2.75, 3.05) is 12.4 Å². The normalized spacial score (nSPS) is 10.6. The van der Waals surface area contributed by atoms with E-state index in [1.54, 1.807) is 25.3 Å². The lowest BCUT2D eigenvalue weighted by atomic mass is 10.1. The molecule has 0 bridgehead atoms. The first-order valence-electron chi connectivity index (χ1n) is 7.22. The summed E-state index contributed by atoms with van der Waals surface area (Å²) in [5, 5.41) is 11.5. The van der Waals surface area contributed by atoms with Gasteiger partial charge in [0.1, 0.15) is 16.9 Å². The Bertz CT molecular complexity index is 995. The zero-order valence-electron chi connectivity index (χ0n) is 13.1. The van der Waals surface area contributed by atoms with Gasteiger partial charge in [-0.1, -0.05) is 22.0 Å². The summed E-state index contributed by atoms with van der Waals surface area (Å²) in [4.78, 5) is 12.6. The average Bonchev–Trinajstić information content (AvgIpc) is 2.54. The van der Waals surface area contributed by atoms with Crippen LogP contribution in [0.25, 0.3) is 11.0 Å². The van der Waals surface area contributed by atoms with E-state index in [1.165, 1.54) is 0 Å². The fourth-order valence-electron chi connectivity index (χ4n) is 2.39. The first kappa shape index (κ1) is 16.3. The van der Waals surface area contributed by atoms with Crippen molar-refractivity contribution in [2.45, 2.75) is 6.92 Å². The van der Waals surface area contributed by atoms with Crippen LogP contribution in [0.15, 0.2) is 51.4 Å². The zero-order chi connectivity index (χ0) is 17.3. The van der Waals surface area contributed by atoms with Gasteiger partial charge in [-0.25, -0.2) is 0 Å². The van der Waals surface area contributed by atoms with Gasteiger partial charge in [-0.3, -0.25) is 10.2 Å². The van der Waals surface area contributed by atoms with Crippen molar-refractivity contribution in [2.24, 2.45) is 0 Å². The molecule has 0 aliphatic carbocycles. The summed E-state index contributed by atoms with van der Waals surface area (Å²) in [5.74, 6) is 0.135. The predicted octanol–water partition coefficient (Wildman–Crippen LogP) is 4.24. The topological polar surface area (TPSA) is 75.3 Å². The average molecular weight is 387 g/mol. The molecule has 0 radical (unpaired) electrons. The molecule has 1 amide bonds. The third-order valence-corrected chi connectivity index (χ3v) is 4.07. The summed E-state index contributed by atoms with van der Waals surface area (Å²) in [6.07, 6.45) is 0. The van der Waals surface area contributed by atoms with Crippen LogP contribution in [-0.2, 0) is 0 Å². The molecule has 3 rings (SSSR count). The molecule has 24 heavy (non-hydrogen) atoms. The molecule has 0 atom stereocenters. The summed E-state index contributed by atoms with van der Waals surface area (Å²) in [6, 6.07) is 12.5. The van der Waals surface area contributed by atoms with Crippen molar-refractivity contribution in [3.05, 3.63) is 63.6 Å². The Morgan fingerprint density at radius 2 is 2.00 bits per heavy atom. The van der Waals surface area contributed by atoms with Gasteiger partial charge in [0.15, 0.2) is 0 Å². The molecule has 2 aromatic carbocycles. The maximum Gasteiger partial charge on any atom is 0.261 e. The number of ether oxygens (including phenoxy) is 1. The number of nitrogens with one attached hydrogen (secondary N) is 2. The second-order valence-electron chi connectivity index (χ2n) is 5.33. The Morgan fingerprint density at radius 3 is 2.75 bits per heavy atom. The predicted molar refractivity (Wildman–Crippen MR) is 95.5 cm³/mol. The monoisotopic (exact) mass is 386 g/mol. The molecule has 0 fully saturated rings. The van der Waals surface area contributed by atoms with Gasteiger partial charge in [-0.05, 0) is 48.9 Å². The van der Waals surface area contributed by atoms with Crippen LogP contribution < -0.4 is 15.6 Å². The molecule has 0 aliphatic rings. The maximum absolute atomic E-state index is 12.6. The third kappa shape index (κ3) is 3.19. The molecule has 0 saturated heterocycles. The summed E-state index contributed by atoms with van der Waals surface area (Å²) >= 11 is 3.39. The highest BCUT2D eigenvalue weighted by molar-refractivity contribution is 9.10. The van der Waals surface area contributed by atoms with Crippen LogP contribution in [0.2, 0.25) is 0 Å². The van der Waals surface area contributed by atoms with Crippen LogP contribution in [0, 0.1) is 12.3 Å². The van der Waals surface area contributed by atoms with Gasteiger partial charge in [0.2, 0.25) is 5.55 Å². The smallest absolute Gasteiger partial charge is 0.261 e. The number of fused-ring (bicyclic) bond motifs is 1. The number of rotatable bonds is 3. The number of carbonyl (C=O) groups is 1. The zero-order valence-corrected chi connectivity index (χ0v) is 14.7. The highest BCUT2D eigenvalue weighted by Gasteiger charge is 2.14. The molecule has 122 valence electrons. The van der Waals surface area contributed by atoms with E-state index in [1.807, 2.05) is 31.2 Å². The lowest BCUT2D eigenvalue weighted by molar-refractivity contribution is 0.102. The molecule has 0 aliphatic heterocycles. The fourth-order valence-corrected chi connectivity index (χ4v) is 2.77. The van der Waals surface area contributed by atoms with Crippen molar-refractivity contribution < 1.29 is 13.9 Å². The van der Waals surface area contributed by atoms with Crippen LogP contribution in [0.5, 0.6) is 5.75 Å². The molecule has 1 heterocycles. The molecule has 6 heteroatoms. The van der Waals surface area contributed by atoms with E-state index in [9.17, 15) is 4.79 Å². The molecule has 3 aromatic rings. The van der Waals surface area contributed by atoms with E-state index in [0.717, 1.165) is 15.4 Å². The largest absolute Gasteiger partial charge is 0.495 e. The van der Waals surface area contributed by atoms with Crippen molar-refractivity contribution >= 4 is 38.5 Å². The van der Waals surface area contributed by atoms with E-state index in [4.69, 9.17) is 14.6 Å². The quantitative estimate of drug-likeness (QED) is 0.706. The van der Waals surface area contributed by atoms with Gasteiger partial charge >= 0.3 is 0 Å². The molecule has 0 unspecified atom stereocenters. The molecule has 1 aromatic heterocycles. The number of methoxy groups -OCH3 is 1. The highest BCUT2D eigenvalue weighted by atomic mass is 79.9. The van der Waals surface area contributed by atoms with Crippen LogP contribution in [0.1, 0.15) is 15.9 Å². The Labute approximate surface area is 146 Å². The van der Waals surface area contributed by atoms with Crippen molar-refractivity contribution in [1.82, 2.24) is 0 Å². The third-order valence-electron chi connectivity index (χ3n) is 3.58. The molecule has 2 N–H and O–H groups in total. The van der Waals surface area contributed by atoms with Crippen LogP contribution >= 0.6 is 15.9 Å². The molecule has 0 saturated carbocycles. The lowest BCUT2D eigenvalue weighted by Crippen LogP contribution is -2.21. The summed E-state index contributed by atoms with van der Waals surface area (Å²) in [7, 11) is 1.54. The van der Waals surface area contributed by atoms with Crippen LogP contribution in [-0.4, -0.2) is 13.0 Å². The Morgan fingerprint density at radius 1 is 1.21 bits per heavy atom. The number of aryl methyl sites for hydroxylation is 1. The van der Waals surface area contributed by atoms with Gasteiger partial charge in [0.05, 0.1) is 12.8 Å². The van der Waals surface area contributed by atoms with E-state index < -0.39 is 5.91 Å². The summed E-state index contributed by atoms with van der Waals surface area (Å²) in [5.41, 5.74) is 2.06. The molecular formula is C18H15BrN2O3. The SMILES string of the molecule is COc1ccc(C)cc1NC(=O)c1cc2cc(Br)ccc2oc1=N. The van der Waals surface area contributed by atoms with Crippen molar-refractivity contribution in [3.8, 4) is 5.75 Å². The Balaban J connectivity index is 2.01. The van der Waals surface area contributed by atoms with Gasteiger partial charge in [-0.15, -0.1) is 0 Å². The molecule has 0 spiro atoms. The Hall–Kier alpha value is -2.60. The Kier molecular flexibility index (Phi) is 4.40.